The first-order chi connectivity index (χ1) is 29.5. The molecule has 2 saturated heterocycles. The van der Waals surface area contributed by atoms with Crippen molar-refractivity contribution in [1.82, 2.24) is 31.5 Å². The average molecular weight is 891 g/mol. The number of hydrogen-bond donors (Lipinski definition) is 8. The van der Waals surface area contributed by atoms with Crippen molar-refractivity contribution in [2.24, 2.45) is 0 Å². The van der Waals surface area contributed by atoms with Crippen molar-refractivity contribution in [2.75, 3.05) is 75.7 Å². The fourth-order valence-electron chi connectivity index (χ4n) is 6.59. The molecule has 7 amide bonds. The van der Waals surface area contributed by atoms with Crippen molar-refractivity contribution in [3.8, 4) is 0 Å². The molecule has 1 aromatic rings. The molecule has 8 N–H and O–H groups in total. The molecule has 0 bridgehead atoms. The van der Waals surface area contributed by atoms with Gasteiger partial charge in [0.1, 0.15) is 6.04 Å². The molecule has 4 rings (SSSR count). The summed E-state index contributed by atoms with van der Waals surface area (Å²) in [5, 5.41) is 30.0. The van der Waals surface area contributed by atoms with Crippen molar-refractivity contribution < 1.29 is 52.9 Å². The second-order valence-electron chi connectivity index (χ2n) is 14.5. The fraction of sp³-hybridized carbons (Fsp3) is 0.600. The summed E-state index contributed by atoms with van der Waals surface area (Å²) >= 11 is 7.27. The number of thioether (sulfide) groups is 1. The number of aliphatic carboxylic acids is 1. The molecule has 336 valence electrons. The number of urea groups is 1. The summed E-state index contributed by atoms with van der Waals surface area (Å²) in [6, 6.07) is 6.29. The molecule has 4 atom stereocenters. The number of rotatable bonds is 30. The Morgan fingerprint density at radius 1 is 0.770 bits per heavy atom. The van der Waals surface area contributed by atoms with E-state index in [0.717, 1.165) is 29.9 Å². The van der Waals surface area contributed by atoms with Crippen LogP contribution in [0.5, 0.6) is 0 Å². The number of anilines is 2. The summed E-state index contributed by atoms with van der Waals surface area (Å²) < 4.78 is 16.6. The van der Waals surface area contributed by atoms with Crippen molar-refractivity contribution in [1.29, 1.82) is 0 Å². The van der Waals surface area contributed by atoms with E-state index < -0.39 is 17.9 Å². The first-order valence-corrected chi connectivity index (χ1v) is 22.1. The van der Waals surface area contributed by atoms with E-state index in [0.29, 0.717) is 95.0 Å². The minimum absolute atomic E-state index is 0.0174. The van der Waals surface area contributed by atoms with Crippen molar-refractivity contribution in [2.45, 2.75) is 87.6 Å². The number of imide groups is 1. The topological polar surface area (TPSA) is 255 Å². The second-order valence-corrected chi connectivity index (χ2v) is 16.2. The molecule has 1 unspecified atom stereocenters. The third kappa shape index (κ3) is 18.8. The van der Waals surface area contributed by atoms with Crippen LogP contribution in [0.3, 0.4) is 0 Å². The van der Waals surface area contributed by atoms with E-state index in [2.05, 4.69) is 37.2 Å². The maximum atomic E-state index is 12.9. The number of amides is 7. The maximum Gasteiger partial charge on any atom is 0.315 e. The summed E-state index contributed by atoms with van der Waals surface area (Å²) in [6.07, 6.45) is 6.95. The largest absolute Gasteiger partial charge is 0.481 e. The van der Waals surface area contributed by atoms with E-state index >= 15 is 0 Å². The number of hydrogen-bond acceptors (Lipinski definition) is 12. The van der Waals surface area contributed by atoms with Crippen LogP contribution in [0.25, 0.3) is 0 Å². The highest BCUT2D eigenvalue weighted by Gasteiger charge is 2.42. The van der Waals surface area contributed by atoms with Gasteiger partial charge in [0.05, 0.1) is 38.5 Å². The van der Waals surface area contributed by atoms with E-state index in [1.165, 1.54) is 12.2 Å². The van der Waals surface area contributed by atoms with Gasteiger partial charge in [0.25, 0.3) is 11.8 Å². The van der Waals surface area contributed by atoms with Gasteiger partial charge in [-0.15, -0.1) is 0 Å². The molecule has 61 heavy (non-hydrogen) atoms. The Morgan fingerprint density at radius 3 is 2.03 bits per heavy atom. The predicted octanol–water partition coefficient (Wildman–Crippen LogP) is 1.64. The highest BCUT2D eigenvalue weighted by Crippen LogP contribution is 2.33. The Balaban J connectivity index is 0.972. The van der Waals surface area contributed by atoms with E-state index in [1.54, 1.807) is 24.3 Å². The molecular weight excluding hydrogens is 833 g/mol. The number of carboxylic acid groups (broad SMARTS) is 1. The first-order valence-electron chi connectivity index (χ1n) is 20.7. The zero-order chi connectivity index (χ0) is 43.8. The van der Waals surface area contributed by atoms with Crippen LogP contribution < -0.4 is 37.2 Å². The van der Waals surface area contributed by atoms with Crippen LogP contribution in [-0.2, 0) is 43.0 Å². The van der Waals surface area contributed by atoms with Crippen LogP contribution >= 0.6 is 24.0 Å². The van der Waals surface area contributed by atoms with Crippen LogP contribution in [0.15, 0.2) is 36.4 Å². The number of benzene rings is 1. The highest BCUT2D eigenvalue weighted by molar-refractivity contribution is 8.00. The lowest BCUT2D eigenvalue weighted by Gasteiger charge is -2.20. The number of thiocarbonyl (C=S) groups is 1. The van der Waals surface area contributed by atoms with Gasteiger partial charge in [-0.25, -0.2) is 4.79 Å². The molecule has 0 aliphatic carbocycles. The number of nitrogens with one attached hydrogen (secondary N) is 7. The third-order valence-corrected chi connectivity index (χ3v) is 11.5. The summed E-state index contributed by atoms with van der Waals surface area (Å²) in [5.74, 6) is -1.47. The standard InChI is InChI=1S/C40H58N8O11S2/c49-32(8-3-19-48-34(51)14-15-35(48)52)41-17-4-20-57-22-24-59-25-23-58-21-5-18-42-38(55)29(13-16-36(53)54)46-40(60)44-28-11-9-27(10-12-28)43-33(50)7-2-1-6-31-37-30(26-61-31)45-39(56)47-37/h9-12,14-15,29-31,37H,1-8,13,16-26H2,(H,41,49)(H,42,55)(H,43,50)(H,53,54)(H2,44,46,60)(H2,45,47,56)/t29-,30?,31-,37-/m0/s1. The van der Waals surface area contributed by atoms with Crippen LogP contribution in [0, 0.1) is 0 Å². The number of carbonyl (C=O) groups is 7. The lowest BCUT2D eigenvalue weighted by atomic mass is 10.0. The zero-order valence-corrected chi connectivity index (χ0v) is 35.8. The van der Waals surface area contributed by atoms with Crippen LogP contribution in [0.4, 0.5) is 16.2 Å². The zero-order valence-electron chi connectivity index (χ0n) is 34.2. The molecule has 3 heterocycles. The summed E-state index contributed by atoms with van der Waals surface area (Å²) in [4.78, 5) is 84.4. The smallest absolute Gasteiger partial charge is 0.315 e. The number of nitrogens with zero attached hydrogens (tertiary/aromatic N) is 1. The Morgan fingerprint density at radius 2 is 1.38 bits per heavy atom. The second kappa shape index (κ2) is 27.2. The lowest BCUT2D eigenvalue weighted by Crippen LogP contribution is -2.48. The third-order valence-electron chi connectivity index (χ3n) is 9.76. The van der Waals surface area contributed by atoms with Gasteiger partial charge in [-0.2, -0.15) is 11.8 Å². The predicted molar refractivity (Wildman–Crippen MR) is 232 cm³/mol. The molecule has 21 heteroatoms. The number of carbonyl (C=O) groups excluding carboxylic acids is 6. The Kier molecular flexibility index (Phi) is 21.8. The number of carboxylic acids is 1. The summed E-state index contributed by atoms with van der Waals surface area (Å²) in [7, 11) is 0. The average Bonchev–Trinajstić information content (AvgIpc) is 3.89. The van der Waals surface area contributed by atoms with Gasteiger partial charge >= 0.3 is 12.0 Å². The molecule has 19 nitrogen and oxygen atoms in total. The Bertz CT molecular complexity index is 1670. The Hall–Kier alpha value is -4.83. The molecule has 0 spiro atoms. The SMILES string of the molecule is O=C(O)CC[C@H](NC(=S)Nc1ccc(NC(=O)CCCC[C@@H]2SCC3NC(=O)N[C@@H]32)cc1)C(=O)NCCCOCCOCCOCCCNC(=O)CCCN1C(=O)C=CC1=O. The van der Waals surface area contributed by atoms with Gasteiger partial charge in [-0.3, -0.25) is 33.7 Å². The quantitative estimate of drug-likeness (QED) is 0.0237. The van der Waals surface area contributed by atoms with E-state index in [4.69, 9.17) is 26.4 Å². The number of unbranched alkanes of at least 4 members (excludes halogenated alkanes) is 1. The van der Waals surface area contributed by atoms with Crippen LogP contribution in [0.1, 0.15) is 64.2 Å². The lowest BCUT2D eigenvalue weighted by molar-refractivity contribution is -0.138. The molecule has 2 fully saturated rings. The summed E-state index contributed by atoms with van der Waals surface area (Å²) in [5.41, 5.74) is 1.24. The van der Waals surface area contributed by atoms with E-state index in [9.17, 15) is 38.7 Å². The van der Waals surface area contributed by atoms with Crippen LogP contribution in [-0.4, -0.2) is 145 Å². The van der Waals surface area contributed by atoms with Crippen LogP contribution in [0.2, 0.25) is 0 Å². The molecular formula is C40H58N8O11S2. The number of fused-ring (bicyclic) bond motifs is 1. The molecule has 0 radical (unpaired) electrons. The monoisotopic (exact) mass is 890 g/mol. The maximum absolute atomic E-state index is 12.9. The van der Waals surface area contributed by atoms with Gasteiger partial charge < -0.3 is 56.5 Å². The number of ether oxygens (including phenoxy) is 3. The normalized spacial score (nSPS) is 18.3. The minimum Gasteiger partial charge on any atom is -0.481 e. The van der Waals surface area contributed by atoms with Gasteiger partial charge in [-0.05, 0) is 75.0 Å². The molecule has 0 saturated carbocycles. The molecule has 3 aliphatic rings. The molecule has 1 aromatic carbocycles. The van der Waals surface area contributed by atoms with Gasteiger partial charge in [0.15, 0.2) is 5.11 Å². The van der Waals surface area contributed by atoms with Crippen molar-refractivity contribution in [3.63, 3.8) is 0 Å². The van der Waals surface area contributed by atoms with Crippen molar-refractivity contribution >= 4 is 82.0 Å². The Labute approximate surface area is 364 Å². The van der Waals surface area contributed by atoms with E-state index in [-0.39, 0.29) is 72.7 Å². The minimum atomic E-state index is -1.04. The van der Waals surface area contributed by atoms with E-state index in [1.807, 2.05) is 11.8 Å². The molecule has 0 aromatic heterocycles. The van der Waals surface area contributed by atoms with Crippen molar-refractivity contribution in [3.05, 3.63) is 36.4 Å². The van der Waals surface area contributed by atoms with Gasteiger partial charge in [0, 0.05) is 86.6 Å². The van der Waals surface area contributed by atoms with Gasteiger partial charge in [0.2, 0.25) is 17.7 Å². The summed E-state index contributed by atoms with van der Waals surface area (Å²) in [6.45, 7) is 3.29. The first kappa shape index (κ1) is 48.8. The van der Waals surface area contributed by atoms with Gasteiger partial charge in [-0.1, -0.05) is 6.42 Å². The fourth-order valence-corrected chi connectivity index (χ4v) is 8.39. The highest BCUT2D eigenvalue weighted by atomic mass is 32.2. The molecule has 3 aliphatic heterocycles.